The predicted molar refractivity (Wildman–Crippen MR) is 95.1 cm³/mol. The van der Waals surface area contributed by atoms with E-state index in [0.29, 0.717) is 6.01 Å². The van der Waals surface area contributed by atoms with Crippen molar-refractivity contribution in [1.29, 1.82) is 0 Å². The van der Waals surface area contributed by atoms with Crippen molar-refractivity contribution >= 4 is 29.5 Å². The van der Waals surface area contributed by atoms with Crippen LogP contribution in [0.15, 0.2) is 46.0 Å². The molecule has 0 saturated heterocycles. The molecule has 2 heterocycles. The molecule has 3 rings (SSSR count). The minimum absolute atomic E-state index is 0.0878. The summed E-state index contributed by atoms with van der Waals surface area (Å²) in [6.45, 7) is 5.50. The average molecular weight is 324 g/mol. The third kappa shape index (κ3) is 3.53. The Kier molecular flexibility index (Phi) is 4.46. The topological polar surface area (TPSA) is 79.5 Å². The molecule has 1 aromatic carbocycles. The summed E-state index contributed by atoms with van der Waals surface area (Å²) in [5.74, 6) is 0.750. The molecular weight excluding hydrogens is 304 g/mol. The fourth-order valence-electron chi connectivity index (χ4n) is 2.59. The molecule has 0 bridgehead atoms. The Bertz CT molecular complexity index is 807. The van der Waals surface area contributed by atoms with Crippen molar-refractivity contribution in [3.63, 3.8) is 0 Å². The molecule has 2 unspecified atom stereocenters. The largest absolute Gasteiger partial charge is 0.428 e. The van der Waals surface area contributed by atoms with Crippen molar-refractivity contribution in [2.24, 2.45) is 4.99 Å². The van der Waals surface area contributed by atoms with Gasteiger partial charge in [-0.1, -0.05) is 12.1 Å². The van der Waals surface area contributed by atoms with Crippen LogP contribution in [-0.4, -0.2) is 23.1 Å². The highest BCUT2D eigenvalue weighted by molar-refractivity contribution is 5.89. The molecule has 2 atom stereocenters. The molecule has 1 aromatic heterocycles. The fourth-order valence-corrected chi connectivity index (χ4v) is 2.59. The number of anilines is 3. The Morgan fingerprint density at radius 3 is 2.92 bits per heavy atom. The number of aryl methyl sites for hydroxylation is 1. The van der Waals surface area contributed by atoms with Crippen LogP contribution in [0.2, 0.25) is 0 Å². The lowest BCUT2D eigenvalue weighted by Crippen LogP contribution is -2.13. The van der Waals surface area contributed by atoms with Gasteiger partial charge in [-0.25, -0.2) is 4.98 Å². The Hall–Kier alpha value is -2.89. The Balaban J connectivity index is 1.78. The molecule has 2 N–H and O–H groups in total. The van der Waals surface area contributed by atoms with Gasteiger partial charge in [0.15, 0.2) is 0 Å². The maximum absolute atomic E-state index is 11.2. The average Bonchev–Trinajstić information content (AvgIpc) is 2.99. The molecule has 2 aromatic rings. The number of aliphatic imine (C=N–C) groups is 1. The molecule has 6 nitrogen and oxygen atoms in total. The van der Waals surface area contributed by atoms with Gasteiger partial charge in [0, 0.05) is 24.5 Å². The first-order valence-corrected chi connectivity index (χ1v) is 7.84. The number of hydrogen-bond acceptors (Lipinski definition) is 5. The van der Waals surface area contributed by atoms with E-state index in [-0.39, 0.29) is 17.9 Å². The van der Waals surface area contributed by atoms with E-state index in [1.54, 1.807) is 12.4 Å². The Morgan fingerprint density at radius 1 is 1.33 bits per heavy atom. The van der Waals surface area contributed by atoms with Gasteiger partial charge in [-0.15, -0.1) is 0 Å². The smallest absolute Gasteiger partial charge is 0.299 e. The minimum atomic E-state index is -0.109. The van der Waals surface area contributed by atoms with E-state index in [4.69, 9.17) is 4.42 Å². The van der Waals surface area contributed by atoms with E-state index in [1.165, 1.54) is 6.92 Å². The van der Waals surface area contributed by atoms with Crippen molar-refractivity contribution in [3.8, 4) is 0 Å². The summed E-state index contributed by atoms with van der Waals surface area (Å²) in [4.78, 5) is 19.9. The molecule has 24 heavy (non-hydrogen) atoms. The minimum Gasteiger partial charge on any atom is -0.428 e. The van der Waals surface area contributed by atoms with Crippen molar-refractivity contribution in [3.05, 3.63) is 47.9 Å². The first-order chi connectivity index (χ1) is 11.5. The summed E-state index contributed by atoms with van der Waals surface area (Å²) in [5, 5.41) is 5.93. The zero-order valence-corrected chi connectivity index (χ0v) is 13.9. The van der Waals surface area contributed by atoms with Crippen LogP contribution in [0.5, 0.6) is 0 Å². The molecule has 0 spiro atoms. The number of hydrogen-bond donors (Lipinski definition) is 2. The van der Waals surface area contributed by atoms with E-state index < -0.39 is 0 Å². The van der Waals surface area contributed by atoms with E-state index in [9.17, 15) is 4.79 Å². The number of carbonyl (C=O) groups is 1. The summed E-state index contributed by atoms with van der Waals surface area (Å²) in [5.41, 5.74) is 2.58. The number of oxazole rings is 1. The van der Waals surface area contributed by atoms with Gasteiger partial charge < -0.3 is 15.1 Å². The zero-order chi connectivity index (χ0) is 17.1. The molecule has 0 aliphatic carbocycles. The number of carbonyl (C=O) groups excluding carboxylic acids is 1. The Morgan fingerprint density at radius 2 is 2.17 bits per heavy atom. The number of nitrogens with zero attached hydrogens (tertiary/aromatic N) is 2. The van der Waals surface area contributed by atoms with Gasteiger partial charge in [0.1, 0.15) is 5.76 Å². The van der Waals surface area contributed by atoms with Gasteiger partial charge in [-0.2, -0.15) is 0 Å². The van der Waals surface area contributed by atoms with Crippen molar-refractivity contribution in [2.75, 3.05) is 10.6 Å². The third-order valence-electron chi connectivity index (χ3n) is 3.90. The summed E-state index contributed by atoms with van der Waals surface area (Å²) >= 11 is 0. The number of nitrogens with one attached hydrogen (secondary N) is 2. The van der Waals surface area contributed by atoms with Crippen LogP contribution in [0.4, 0.5) is 17.4 Å². The van der Waals surface area contributed by atoms with Gasteiger partial charge in [-0.3, -0.25) is 9.79 Å². The first kappa shape index (κ1) is 16.0. The molecule has 6 heteroatoms. The molecule has 124 valence electrons. The first-order valence-electron chi connectivity index (χ1n) is 7.84. The summed E-state index contributed by atoms with van der Waals surface area (Å²) in [6.07, 6.45) is 7.50. The number of dihydropyridines is 1. The number of rotatable bonds is 4. The SMILES string of the molecule is CC(=O)Nc1ccc(C)c(Nc2ncc(C3C=CC=NC3C)o2)c1. The number of benzene rings is 1. The lowest BCUT2D eigenvalue weighted by Gasteiger charge is -2.16. The number of aromatic nitrogens is 1. The third-order valence-corrected chi connectivity index (χ3v) is 3.90. The van der Waals surface area contributed by atoms with Gasteiger partial charge in [0.2, 0.25) is 5.91 Å². The van der Waals surface area contributed by atoms with E-state index in [0.717, 1.165) is 22.7 Å². The molecule has 0 saturated carbocycles. The van der Waals surface area contributed by atoms with Crippen LogP contribution in [0, 0.1) is 6.92 Å². The quantitative estimate of drug-likeness (QED) is 0.896. The number of allylic oxidation sites excluding steroid dienone is 1. The lowest BCUT2D eigenvalue weighted by molar-refractivity contribution is -0.114. The van der Waals surface area contributed by atoms with E-state index >= 15 is 0 Å². The second kappa shape index (κ2) is 6.70. The highest BCUT2D eigenvalue weighted by Crippen LogP contribution is 2.29. The Labute approximate surface area is 140 Å². The predicted octanol–water partition coefficient (Wildman–Crippen LogP) is 3.80. The van der Waals surface area contributed by atoms with Crippen molar-refractivity contribution in [1.82, 2.24) is 4.98 Å². The lowest BCUT2D eigenvalue weighted by atomic mass is 9.97. The standard InChI is InChI=1S/C18H20N4O2/c1-11-6-7-14(21-13(3)23)9-16(11)22-18-20-10-17(24-18)15-5-4-8-19-12(15)2/h4-10,12,15H,1-3H3,(H,20,22)(H,21,23). The van der Waals surface area contributed by atoms with Gasteiger partial charge in [0.25, 0.3) is 6.01 Å². The summed E-state index contributed by atoms with van der Waals surface area (Å²) in [7, 11) is 0. The van der Waals surface area contributed by atoms with Gasteiger partial charge >= 0.3 is 0 Å². The second-order valence-corrected chi connectivity index (χ2v) is 5.85. The van der Waals surface area contributed by atoms with Crippen LogP contribution in [0.25, 0.3) is 0 Å². The maximum atomic E-state index is 11.2. The zero-order valence-electron chi connectivity index (χ0n) is 13.9. The molecule has 1 amide bonds. The van der Waals surface area contributed by atoms with Gasteiger partial charge in [0.05, 0.1) is 18.2 Å². The van der Waals surface area contributed by atoms with Crippen LogP contribution >= 0.6 is 0 Å². The summed E-state index contributed by atoms with van der Waals surface area (Å²) < 4.78 is 5.84. The second-order valence-electron chi connectivity index (χ2n) is 5.85. The molecule has 1 aliphatic heterocycles. The van der Waals surface area contributed by atoms with Crippen LogP contribution in [0.3, 0.4) is 0 Å². The summed E-state index contributed by atoms with van der Waals surface area (Å²) in [6, 6.07) is 6.19. The highest BCUT2D eigenvalue weighted by Gasteiger charge is 2.21. The van der Waals surface area contributed by atoms with E-state index in [1.807, 2.05) is 38.1 Å². The van der Waals surface area contributed by atoms with Crippen LogP contribution < -0.4 is 10.6 Å². The van der Waals surface area contributed by atoms with E-state index in [2.05, 4.69) is 26.7 Å². The van der Waals surface area contributed by atoms with Crippen molar-refractivity contribution in [2.45, 2.75) is 32.7 Å². The maximum Gasteiger partial charge on any atom is 0.299 e. The van der Waals surface area contributed by atoms with Crippen LogP contribution in [0.1, 0.15) is 31.1 Å². The molecular formula is C18H20N4O2. The molecule has 0 fully saturated rings. The molecule has 0 radical (unpaired) electrons. The molecule has 1 aliphatic rings. The fraction of sp³-hybridized carbons (Fsp3) is 0.278. The monoisotopic (exact) mass is 324 g/mol. The normalized spacial score (nSPS) is 19.3. The highest BCUT2D eigenvalue weighted by atomic mass is 16.4. The van der Waals surface area contributed by atoms with Crippen LogP contribution in [-0.2, 0) is 4.79 Å². The number of amides is 1. The van der Waals surface area contributed by atoms with Crippen molar-refractivity contribution < 1.29 is 9.21 Å². The van der Waals surface area contributed by atoms with Gasteiger partial charge in [-0.05, 0) is 37.6 Å².